The standard InChI is InChI=1S/C31H44N4O6/c1-21-16-35(22(2)19-36)31(38)15-24-14-25(32-30(37)7-6-12-33(3)4)9-11-26(24)41-29(21)18-34(5)17-23-8-10-27-28(13-23)40-20-39-27/h8-11,13-14,21-22,29,36H,6-7,12,15-20H2,1-5H3,(H,32,37)/t21-,22+,29+/m0/s1. The number of carbonyl (C=O) groups excluding carboxylic acids is 2. The Hall–Kier alpha value is -3.34. The number of nitrogens with zero attached hydrogens (tertiary/aromatic N) is 3. The number of anilines is 1. The highest BCUT2D eigenvalue weighted by Crippen LogP contribution is 2.33. The van der Waals surface area contributed by atoms with Gasteiger partial charge in [-0.3, -0.25) is 14.5 Å². The van der Waals surface area contributed by atoms with Gasteiger partial charge in [-0.1, -0.05) is 13.0 Å². The van der Waals surface area contributed by atoms with Crippen molar-refractivity contribution in [2.75, 3.05) is 59.5 Å². The fraction of sp³-hybridized carbons (Fsp3) is 0.548. The summed E-state index contributed by atoms with van der Waals surface area (Å²) in [6, 6.07) is 11.2. The highest BCUT2D eigenvalue weighted by Gasteiger charge is 2.31. The Morgan fingerprint density at radius 2 is 1.88 bits per heavy atom. The third-order valence-corrected chi connectivity index (χ3v) is 7.59. The van der Waals surface area contributed by atoms with Crippen LogP contribution in [0.5, 0.6) is 17.2 Å². The summed E-state index contributed by atoms with van der Waals surface area (Å²) in [5, 5.41) is 12.9. The number of carbonyl (C=O) groups is 2. The number of aliphatic hydroxyl groups is 1. The van der Waals surface area contributed by atoms with Crippen LogP contribution < -0.4 is 19.5 Å². The summed E-state index contributed by atoms with van der Waals surface area (Å²) in [7, 11) is 6.01. The first-order chi connectivity index (χ1) is 19.6. The van der Waals surface area contributed by atoms with Gasteiger partial charge in [-0.25, -0.2) is 0 Å². The molecule has 2 aromatic carbocycles. The third-order valence-electron chi connectivity index (χ3n) is 7.59. The Labute approximate surface area is 243 Å². The molecule has 0 saturated heterocycles. The van der Waals surface area contributed by atoms with E-state index in [9.17, 15) is 14.7 Å². The molecule has 0 fully saturated rings. The molecule has 2 N–H and O–H groups in total. The van der Waals surface area contributed by atoms with Crippen molar-refractivity contribution in [2.24, 2.45) is 5.92 Å². The molecule has 10 nitrogen and oxygen atoms in total. The second kappa shape index (κ2) is 14.0. The lowest BCUT2D eigenvalue weighted by atomic mass is 10.0. The summed E-state index contributed by atoms with van der Waals surface area (Å²) >= 11 is 0. The number of benzene rings is 2. The van der Waals surface area contributed by atoms with E-state index in [4.69, 9.17) is 14.2 Å². The number of hydrogen-bond acceptors (Lipinski definition) is 8. The van der Waals surface area contributed by atoms with Crippen molar-refractivity contribution in [3.8, 4) is 17.2 Å². The summed E-state index contributed by atoms with van der Waals surface area (Å²) in [6.07, 6.45) is 1.08. The predicted octanol–water partition coefficient (Wildman–Crippen LogP) is 2.98. The summed E-state index contributed by atoms with van der Waals surface area (Å²) in [6.45, 7) is 6.66. The average Bonchev–Trinajstić information content (AvgIpc) is 3.40. The fourth-order valence-electron chi connectivity index (χ4n) is 5.23. The van der Waals surface area contributed by atoms with E-state index in [2.05, 4.69) is 17.1 Å². The zero-order valence-electron chi connectivity index (χ0n) is 24.9. The molecule has 0 unspecified atom stereocenters. The van der Waals surface area contributed by atoms with Crippen molar-refractivity contribution < 1.29 is 28.9 Å². The molecule has 0 spiro atoms. The Morgan fingerprint density at radius 1 is 1.12 bits per heavy atom. The predicted molar refractivity (Wildman–Crippen MR) is 157 cm³/mol. The Bertz CT molecular complexity index is 1210. The van der Waals surface area contributed by atoms with Gasteiger partial charge in [0.1, 0.15) is 11.9 Å². The number of aliphatic hydroxyl groups excluding tert-OH is 1. The SMILES string of the molecule is C[C@H](CO)N1C[C@H](C)[C@@H](CN(C)Cc2ccc3c(c2)OCO3)Oc2ccc(NC(=O)CCCN(C)C)cc2CC1=O. The molecule has 2 heterocycles. The van der Waals surface area contributed by atoms with Crippen molar-refractivity contribution in [3.63, 3.8) is 0 Å². The van der Waals surface area contributed by atoms with E-state index in [1.807, 2.05) is 69.4 Å². The molecule has 0 aromatic heterocycles. The zero-order valence-corrected chi connectivity index (χ0v) is 24.9. The van der Waals surface area contributed by atoms with Gasteiger partial charge in [-0.2, -0.15) is 0 Å². The average molecular weight is 569 g/mol. The van der Waals surface area contributed by atoms with Crippen LogP contribution in [0.15, 0.2) is 36.4 Å². The number of ether oxygens (including phenoxy) is 3. The molecular formula is C31H44N4O6. The van der Waals surface area contributed by atoms with Crippen LogP contribution in [0.2, 0.25) is 0 Å². The lowest BCUT2D eigenvalue weighted by molar-refractivity contribution is -0.134. The minimum Gasteiger partial charge on any atom is -0.488 e. The molecule has 41 heavy (non-hydrogen) atoms. The molecule has 10 heteroatoms. The van der Waals surface area contributed by atoms with E-state index in [1.54, 1.807) is 4.90 Å². The highest BCUT2D eigenvalue weighted by atomic mass is 16.7. The van der Waals surface area contributed by atoms with E-state index in [0.717, 1.165) is 30.0 Å². The largest absolute Gasteiger partial charge is 0.488 e. The molecule has 0 saturated carbocycles. The van der Waals surface area contributed by atoms with Gasteiger partial charge in [0.2, 0.25) is 18.6 Å². The molecule has 0 aliphatic carbocycles. The third kappa shape index (κ3) is 8.34. The van der Waals surface area contributed by atoms with Gasteiger partial charge in [-0.15, -0.1) is 0 Å². The Morgan fingerprint density at radius 3 is 2.63 bits per heavy atom. The van der Waals surface area contributed by atoms with Crippen LogP contribution in [0.1, 0.15) is 37.8 Å². The number of fused-ring (bicyclic) bond motifs is 2. The smallest absolute Gasteiger partial charge is 0.231 e. The molecule has 2 amide bonds. The molecule has 2 aromatic rings. The number of rotatable bonds is 11. The van der Waals surface area contributed by atoms with Crippen molar-refractivity contribution in [1.29, 1.82) is 0 Å². The van der Waals surface area contributed by atoms with Crippen molar-refractivity contribution in [3.05, 3.63) is 47.5 Å². The maximum Gasteiger partial charge on any atom is 0.231 e. The van der Waals surface area contributed by atoms with Crippen LogP contribution in [0, 0.1) is 5.92 Å². The number of nitrogens with one attached hydrogen (secondary N) is 1. The monoisotopic (exact) mass is 568 g/mol. The van der Waals surface area contributed by atoms with Crippen LogP contribution in [0.4, 0.5) is 5.69 Å². The van der Waals surface area contributed by atoms with Gasteiger partial charge in [0.15, 0.2) is 11.5 Å². The van der Waals surface area contributed by atoms with Crippen LogP contribution in [-0.4, -0.2) is 97.9 Å². The summed E-state index contributed by atoms with van der Waals surface area (Å²) in [4.78, 5) is 32.0. The first-order valence-electron chi connectivity index (χ1n) is 14.3. The fourth-order valence-corrected chi connectivity index (χ4v) is 5.23. The Kier molecular flexibility index (Phi) is 10.5. The highest BCUT2D eigenvalue weighted by molar-refractivity contribution is 5.91. The first kappa shape index (κ1) is 30.6. The molecule has 224 valence electrons. The topological polar surface area (TPSA) is 104 Å². The lowest BCUT2D eigenvalue weighted by Gasteiger charge is -2.34. The summed E-state index contributed by atoms with van der Waals surface area (Å²) in [5.41, 5.74) is 2.46. The minimum absolute atomic E-state index is 0.00539. The maximum atomic E-state index is 13.5. The zero-order chi connectivity index (χ0) is 29.5. The quantitative estimate of drug-likeness (QED) is 0.427. The van der Waals surface area contributed by atoms with Crippen LogP contribution in [-0.2, 0) is 22.6 Å². The molecule has 4 rings (SSSR count). The second-order valence-corrected chi connectivity index (χ2v) is 11.5. The summed E-state index contributed by atoms with van der Waals surface area (Å²) < 4.78 is 17.6. The maximum absolute atomic E-state index is 13.5. The summed E-state index contributed by atoms with van der Waals surface area (Å²) in [5.74, 6) is 2.00. The molecule has 3 atom stereocenters. The van der Waals surface area contributed by atoms with Crippen molar-refractivity contribution in [1.82, 2.24) is 14.7 Å². The second-order valence-electron chi connectivity index (χ2n) is 11.5. The van der Waals surface area contributed by atoms with Gasteiger partial charge in [-0.05, 0) is 76.9 Å². The van der Waals surface area contributed by atoms with Crippen LogP contribution >= 0.6 is 0 Å². The van der Waals surface area contributed by atoms with E-state index >= 15 is 0 Å². The molecular weight excluding hydrogens is 524 g/mol. The van der Waals surface area contributed by atoms with E-state index in [-0.39, 0.29) is 49.7 Å². The molecule has 2 aliphatic heterocycles. The van der Waals surface area contributed by atoms with E-state index in [1.165, 1.54) is 0 Å². The first-order valence-corrected chi connectivity index (χ1v) is 14.3. The number of amides is 2. The van der Waals surface area contributed by atoms with Gasteiger partial charge in [0.25, 0.3) is 0 Å². The molecule has 2 aliphatic rings. The number of likely N-dealkylation sites (N-methyl/N-ethyl adjacent to an activating group) is 1. The van der Waals surface area contributed by atoms with E-state index in [0.29, 0.717) is 43.1 Å². The van der Waals surface area contributed by atoms with Crippen molar-refractivity contribution in [2.45, 2.75) is 51.8 Å². The van der Waals surface area contributed by atoms with Gasteiger partial charge >= 0.3 is 0 Å². The lowest BCUT2D eigenvalue weighted by Crippen LogP contribution is -2.47. The van der Waals surface area contributed by atoms with Crippen molar-refractivity contribution >= 4 is 17.5 Å². The number of hydrogen-bond donors (Lipinski definition) is 2. The van der Waals surface area contributed by atoms with Gasteiger partial charge in [0.05, 0.1) is 19.1 Å². The van der Waals surface area contributed by atoms with E-state index < -0.39 is 0 Å². The Balaban J connectivity index is 1.52. The van der Waals surface area contributed by atoms with Crippen LogP contribution in [0.25, 0.3) is 0 Å². The normalized spacial score (nSPS) is 19.3. The van der Waals surface area contributed by atoms with Gasteiger partial charge in [0, 0.05) is 43.2 Å². The molecule has 0 bridgehead atoms. The van der Waals surface area contributed by atoms with Crippen LogP contribution in [0.3, 0.4) is 0 Å². The van der Waals surface area contributed by atoms with Gasteiger partial charge < -0.3 is 34.4 Å². The molecule has 0 radical (unpaired) electrons. The minimum atomic E-state index is -0.321.